The molecule has 0 spiro atoms. The van der Waals surface area contributed by atoms with E-state index in [1.54, 1.807) is 0 Å². The molecule has 0 saturated heterocycles. The van der Waals surface area contributed by atoms with Crippen LogP contribution >= 0.6 is 0 Å². The van der Waals surface area contributed by atoms with Gasteiger partial charge >= 0.3 is 5.97 Å². The Kier molecular flexibility index (Phi) is 9.13. The fraction of sp³-hybridized carbons (Fsp3) is 0.938. The molecule has 1 N–H and O–H groups in total. The van der Waals surface area contributed by atoms with Crippen molar-refractivity contribution in [1.29, 1.82) is 0 Å². The summed E-state index contributed by atoms with van der Waals surface area (Å²) in [6.07, 6.45) is 9.70. The molecule has 108 valence electrons. The number of unbranched alkanes of at least 4 members (excludes halogenated alkanes) is 4. The Morgan fingerprint density at radius 2 is 1.67 bits per heavy atom. The molecule has 2 unspecified atom stereocenters. The van der Waals surface area contributed by atoms with Crippen LogP contribution < -0.4 is 0 Å². The fourth-order valence-electron chi connectivity index (χ4n) is 2.89. The summed E-state index contributed by atoms with van der Waals surface area (Å²) in [6.45, 7) is 8.51. The van der Waals surface area contributed by atoms with Gasteiger partial charge in [0.2, 0.25) is 0 Å². The van der Waals surface area contributed by atoms with Crippen LogP contribution in [0.3, 0.4) is 0 Å². The van der Waals surface area contributed by atoms with Gasteiger partial charge in [-0.3, -0.25) is 4.79 Å². The molecule has 0 aliphatic rings. The monoisotopic (exact) mass is 256 g/mol. The Morgan fingerprint density at radius 3 is 2.11 bits per heavy atom. The maximum atomic E-state index is 11.7. The highest BCUT2D eigenvalue weighted by atomic mass is 16.4. The second-order valence-electron chi connectivity index (χ2n) is 5.67. The zero-order valence-electron chi connectivity index (χ0n) is 12.8. The summed E-state index contributed by atoms with van der Waals surface area (Å²) in [5, 5.41) is 9.62. The van der Waals surface area contributed by atoms with Gasteiger partial charge in [0.1, 0.15) is 0 Å². The van der Waals surface area contributed by atoms with E-state index in [2.05, 4.69) is 20.8 Å². The third kappa shape index (κ3) is 4.99. The Balaban J connectivity index is 4.47. The lowest BCUT2D eigenvalue weighted by molar-refractivity contribution is -0.153. The third-order valence-electron chi connectivity index (χ3n) is 4.47. The van der Waals surface area contributed by atoms with Crippen molar-refractivity contribution in [3.63, 3.8) is 0 Å². The lowest BCUT2D eigenvalue weighted by Crippen LogP contribution is -2.37. The number of carboxylic acids is 1. The lowest BCUT2D eigenvalue weighted by atomic mass is 9.69. The third-order valence-corrected chi connectivity index (χ3v) is 4.47. The first-order valence-electron chi connectivity index (χ1n) is 7.78. The molecule has 18 heavy (non-hydrogen) atoms. The molecule has 0 radical (unpaired) electrons. The van der Waals surface area contributed by atoms with Crippen molar-refractivity contribution >= 4 is 5.97 Å². The molecule has 0 aromatic carbocycles. The quantitative estimate of drug-likeness (QED) is 0.512. The van der Waals surface area contributed by atoms with Crippen LogP contribution in [0.15, 0.2) is 0 Å². The molecular weight excluding hydrogens is 224 g/mol. The largest absolute Gasteiger partial charge is 0.481 e. The van der Waals surface area contributed by atoms with E-state index < -0.39 is 11.4 Å². The standard InChI is InChI=1S/C16H32O2/c1-5-8-10-11-12-14(4)16(7-3,15(17)18)13-9-6-2/h14H,5-13H2,1-4H3,(H,17,18). The molecule has 0 aliphatic heterocycles. The Morgan fingerprint density at radius 1 is 1.06 bits per heavy atom. The van der Waals surface area contributed by atoms with Gasteiger partial charge in [-0.2, -0.15) is 0 Å². The van der Waals surface area contributed by atoms with E-state index in [-0.39, 0.29) is 0 Å². The average molecular weight is 256 g/mol. The van der Waals surface area contributed by atoms with Gasteiger partial charge in [0.05, 0.1) is 5.41 Å². The van der Waals surface area contributed by atoms with Crippen LogP contribution in [-0.2, 0) is 4.79 Å². The van der Waals surface area contributed by atoms with Crippen LogP contribution in [0.1, 0.15) is 85.5 Å². The minimum absolute atomic E-state index is 0.295. The number of carbonyl (C=O) groups is 1. The molecule has 0 rings (SSSR count). The second kappa shape index (κ2) is 9.41. The molecule has 0 bridgehead atoms. The van der Waals surface area contributed by atoms with Crippen molar-refractivity contribution in [3.05, 3.63) is 0 Å². The molecule has 2 heteroatoms. The highest BCUT2D eigenvalue weighted by Gasteiger charge is 2.40. The van der Waals surface area contributed by atoms with Gasteiger partial charge < -0.3 is 5.11 Å². The summed E-state index contributed by atoms with van der Waals surface area (Å²) >= 11 is 0. The van der Waals surface area contributed by atoms with Gasteiger partial charge in [0.25, 0.3) is 0 Å². The summed E-state index contributed by atoms with van der Waals surface area (Å²) in [4.78, 5) is 11.7. The van der Waals surface area contributed by atoms with Crippen molar-refractivity contribution in [2.45, 2.75) is 85.5 Å². The van der Waals surface area contributed by atoms with E-state index in [1.165, 1.54) is 25.7 Å². The van der Waals surface area contributed by atoms with Gasteiger partial charge in [-0.15, -0.1) is 0 Å². The first-order valence-corrected chi connectivity index (χ1v) is 7.78. The molecule has 0 aromatic heterocycles. The van der Waals surface area contributed by atoms with Gasteiger partial charge in [-0.1, -0.05) is 66.2 Å². The number of rotatable bonds is 11. The predicted molar refractivity (Wildman–Crippen MR) is 77.8 cm³/mol. The van der Waals surface area contributed by atoms with Crippen LogP contribution in [0.25, 0.3) is 0 Å². The SMILES string of the molecule is CCCCCCC(C)C(CC)(CCCC)C(=O)O. The van der Waals surface area contributed by atoms with E-state index in [1.807, 2.05) is 6.92 Å². The molecule has 0 aromatic rings. The average Bonchev–Trinajstić information content (AvgIpc) is 2.35. The maximum absolute atomic E-state index is 11.7. The second-order valence-corrected chi connectivity index (χ2v) is 5.67. The number of carboxylic acid groups (broad SMARTS) is 1. The number of aliphatic carboxylic acids is 1. The Labute approximate surface area is 113 Å². The van der Waals surface area contributed by atoms with Crippen LogP contribution in [0.5, 0.6) is 0 Å². The Hall–Kier alpha value is -0.530. The van der Waals surface area contributed by atoms with Crippen molar-refractivity contribution in [2.75, 3.05) is 0 Å². The minimum Gasteiger partial charge on any atom is -0.481 e. The van der Waals surface area contributed by atoms with Crippen LogP contribution in [0.2, 0.25) is 0 Å². The van der Waals surface area contributed by atoms with Gasteiger partial charge in [-0.25, -0.2) is 0 Å². The molecular formula is C16H32O2. The van der Waals surface area contributed by atoms with Gasteiger partial charge in [0, 0.05) is 0 Å². The lowest BCUT2D eigenvalue weighted by Gasteiger charge is -2.34. The summed E-state index contributed by atoms with van der Waals surface area (Å²) in [6, 6.07) is 0. The summed E-state index contributed by atoms with van der Waals surface area (Å²) in [5.41, 5.74) is -0.484. The normalized spacial score (nSPS) is 16.2. The molecule has 0 fully saturated rings. The van der Waals surface area contributed by atoms with Gasteiger partial charge in [0.15, 0.2) is 0 Å². The van der Waals surface area contributed by atoms with Crippen LogP contribution in [0, 0.1) is 11.3 Å². The number of hydrogen-bond donors (Lipinski definition) is 1. The summed E-state index contributed by atoms with van der Waals surface area (Å²) in [5.74, 6) is -0.287. The fourth-order valence-corrected chi connectivity index (χ4v) is 2.89. The predicted octanol–water partition coefficient (Wildman–Crippen LogP) is 5.26. The highest BCUT2D eigenvalue weighted by molar-refractivity contribution is 5.74. The van der Waals surface area contributed by atoms with E-state index in [0.717, 1.165) is 32.1 Å². The van der Waals surface area contributed by atoms with E-state index in [0.29, 0.717) is 5.92 Å². The zero-order valence-corrected chi connectivity index (χ0v) is 12.8. The van der Waals surface area contributed by atoms with E-state index >= 15 is 0 Å². The van der Waals surface area contributed by atoms with Crippen LogP contribution in [0.4, 0.5) is 0 Å². The first-order chi connectivity index (χ1) is 8.55. The molecule has 0 heterocycles. The van der Waals surface area contributed by atoms with Crippen molar-refractivity contribution < 1.29 is 9.90 Å². The van der Waals surface area contributed by atoms with Crippen molar-refractivity contribution in [1.82, 2.24) is 0 Å². The topological polar surface area (TPSA) is 37.3 Å². The summed E-state index contributed by atoms with van der Waals surface area (Å²) in [7, 11) is 0. The van der Waals surface area contributed by atoms with Crippen LogP contribution in [-0.4, -0.2) is 11.1 Å². The first kappa shape index (κ1) is 17.5. The molecule has 0 aliphatic carbocycles. The number of hydrogen-bond acceptors (Lipinski definition) is 1. The molecule has 2 nitrogen and oxygen atoms in total. The van der Waals surface area contributed by atoms with E-state index in [4.69, 9.17) is 0 Å². The zero-order chi connectivity index (χ0) is 14.0. The van der Waals surface area contributed by atoms with E-state index in [9.17, 15) is 9.90 Å². The van der Waals surface area contributed by atoms with Crippen molar-refractivity contribution in [3.8, 4) is 0 Å². The molecule has 0 saturated carbocycles. The maximum Gasteiger partial charge on any atom is 0.309 e. The van der Waals surface area contributed by atoms with Gasteiger partial charge in [-0.05, 0) is 25.2 Å². The van der Waals surface area contributed by atoms with Crippen molar-refractivity contribution in [2.24, 2.45) is 11.3 Å². The Bertz CT molecular complexity index is 225. The minimum atomic E-state index is -0.582. The highest BCUT2D eigenvalue weighted by Crippen LogP contribution is 2.40. The molecule has 0 amide bonds. The summed E-state index contributed by atoms with van der Waals surface area (Å²) < 4.78 is 0. The smallest absolute Gasteiger partial charge is 0.309 e. The molecule has 2 atom stereocenters.